The number of rotatable bonds is 10. The van der Waals surface area contributed by atoms with Crippen LogP contribution in [0.25, 0.3) is 11.1 Å². The summed E-state index contributed by atoms with van der Waals surface area (Å²) in [5.41, 5.74) is 4.47. The Bertz CT molecular complexity index is 789. The van der Waals surface area contributed by atoms with Gasteiger partial charge in [-0.1, -0.05) is 50.1 Å². The third-order valence-electron chi connectivity index (χ3n) is 6.08. The maximum atomic E-state index is 10.9. The van der Waals surface area contributed by atoms with E-state index < -0.39 is 0 Å². The fraction of sp³-hybridized carbons (Fsp3) is 0.462. The number of carbonyl (C=O) groups is 1. The number of nitrogens with one attached hydrogen (secondary N) is 1. The second-order valence-electron chi connectivity index (χ2n) is 8.28. The van der Waals surface area contributed by atoms with Crippen molar-refractivity contribution >= 4 is 12.5 Å². The number of aldehydes is 1. The molecule has 1 fully saturated rings. The molecule has 1 aliphatic carbocycles. The summed E-state index contributed by atoms with van der Waals surface area (Å²) < 4.78 is 6.03. The number of hydrogen-bond donors (Lipinski definition) is 1. The zero-order chi connectivity index (χ0) is 20.5. The Kier molecular flexibility index (Phi) is 8.03. The summed E-state index contributed by atoms with van der Waals surface area (Å²) in [6.45, 7) is 2.92. The van der Waals surface area contributed by atoms with Crippen LogP contribution >= 0.6 is 0 Å². The first-order valence-electron chi connectivity index (χ1n) is 11.1. The maximum absolute atomic E-state index is 10.9. The topological polar surface area (TPSA) is 50.2 Å². The van der Waals surface area contributed by atoms with Gasteiger partial charge in [0.1, 0.15) is 12.0 Å². The van der Waals surface area contributed by atoms with Crippen LogP contribution in [0.4, 0.5) is 0 Å². The van der Waals surface area contributed by atoms with Crippen LogP contribution in [0.1, 0.15) is 63.0 Å². The predicted octanol–water partition coefficient (Wildman–Crippen LogP) is 6.47. The number of ether oxygens (including phenoxy) is 1. The Morgan fingerprint density at radius 3 is 2.45 bits per heavy atom. The molecule has 0 aromatic heterocycles. The zero-order valence-corrected chi connectivity index (χ0v) is 17.5. The minimum Gasteiger partial charge on any atom is -0.493 e. The molecule has 3 rings (SSSR count). The van der Waals surface area contributed by atoms with Gasteiger partial charge in [-0.05, 0) is 73.3 Å². The van der Waals surface area contributed by atoms with Crippen molar-refractivity contribution in [3.63, 3.8) is 0 Å². The van der Waals surface area contributed by atoms with Gasteiger partial charge in [-0.15, -0.1) is 0 Å². The van der Waals surface area contributed by atoms with Gasteiger partial charge in [-0.3, -0.25) is 0 Å². The van der Waals surface area contributed by atoms with Gasteiger partial charge >= 0.3 is 0 Å². The van der Waals surface area contributed by atoms with Gasteiger partial charge in [0, 0.05) is 17.7 Å². The standard InChI is InChI=1S/C26H33NO2/c1-2-3-4-5-20-10-12-23(13-11-20)26-15-14-25(16-24(26)17-27)29-19-22-8-6-21(18-28)7-9-22/h10-18,21-22,27H,2-9,19H2,1H3. The molecule has 0 spiro atoms. The van der Waals surface area contributed by atoms with Crippen LogP contribution < -0.4 is 4.74 Å². The Morgan fingerprint density at radius 1 is 1.03 bits per heavy atom. The van der Waals surface area contributed by atoms with E-state index in [1.807, 2.05) is 12.1 Å². The van der Waals surface area contributed by atoms with E-state index in [2.05, 4.69) is 37.3 Å². The Labute approximate surface area is 175 Å². The second kappa shape index (κ2) is 10.9. The van der Waals surface area contributed by atoms with Gasteiger partial charge in [-0.25, -0.2) is 0 Å². The summed E-state index contributed by atoms with van der Waals surface area (Å²) in [6.07, 6.45) is 11.5. The second-order valence-corrected chi connectivity index (χ2v) is 8.28. The fourth-order valence-electron chi connectivity index (χ4n) is 4.15. The molecule has 29 heavy (non-hydrogen) atoms. The van der Waals surface area contributed by atoms with Crippen molar-refractivity contribution in [2.45, 2.75) is 58.3 Å². The highest BCUT2D eigenvalue weighted by Gasteiger charge is 2.21. The largest absolute Gasteiger partial charge is 0.493 e. The monoisotopic (exact) mass is 391 g/mol. The third-order valence-corrected chi connectivity index (χ3v) is 6.08. The Morgan fingerprint density at radius 2 is 1.79 bits per heavy atom. The molecule has 0 amide bonds. The molecule has 1 saturated carbocycles. The lowest BCUT2D eigenvalue weighted by atomic mass is 9.83. The van der Waals surface area contributed by atoms with E-state index in [9.17, 15) is 4.79 Å². The van der Waals surface area contributed by atoms with E-state index in [4.69, 9.17) is 10.1 Å². The molecule has 0 heterocycles. The smallest absolute Gasteiger partial charge is 0.123 e. The normalized spacial score (nSPS) is 18.9. The molecule has 1 N–H and O–H groups in total. The molecule has 0 bridgehead atoms. The van der Waals surface area contributed by atoms with E-state index in [-0.39, 0.29) is 5.92 Å². The lowest BCUT2D eigenvalue weighted by Gasteiger charge is -2.25. The first-order chi connectivity index (χ1) is 14.2. The van der Waals surface area contributed by atoms with Crippen molar-refractivity contribution < 1.29 is 9.53 Å². The van der Waals surface area contributed by atoms with Gasteiger partial charge in [0.25, 0.3) is 0 Å². The highest BCUT2D eigenvalue weighted by Crippen LogP contribution is 2.30. The molecule has 0 atom stereocenters. The van der Waals surface area contributed by atoms with Gasteiger partial charge in [0.05, 0.1) is 6.61 Å². The number of carbonyl (C=O) groups excluding carboxylic acids is 1. The average molecular weight is 392 g/mol. The molecular formula is C26H33NO2. The summed E-state index contributed by atoms with van der Waals surface area (Å²) in [6, 6.07) is 14.8. The van der Waals surface area contributed by atoms with Crippen LogP contribution in [0.2, 0.25) is 0 Å². The Balaban J connectivity index is 1.61. The van der Waals surface area contributed by atoms with Crippen LogP contribution in [0.5, 0.6) is 5.75 Å². The highest BCUT2D eigenvalue weighted by molar-refractivity contribution is 5.89. The van der Waals surface area contributed by atoms with E-state index in [0.29, 0.717) is 12.5 Å². The molecule has 3 nitrogen and oxygen atoms in total. The molecule has 0 saturated heterocycles. The van der Waals surface area contributed by atoms with Crippen molar-refractivity contribution in [3.05, 3.63) is 53.6 Å². The predicted molar refractivity (Wildman–Crippen MR) is 120 cm³/mol. The molecule has 1 aliphatic rings. The first kappa shape index (κ1) is 21.3. The van der Waals surface area contributed by atoms with Crippen molar-refractivity contribution in [3.8, 4) is 16.9 Å². The SMILES string of the molecule is CCCCCc1ccc(-c2ccc(OCC3CCC(C=O)CC3)cc2C=N)cc1. The molecule has 2 aromatic rings. The van der Waals surface area contributed by atoms with Crippen LogP contribution in [0, 0.1) is 17.2 Å². The lowest BCUT2D eigenvalue weighted by molar-refractivity contribution is -0.112. The van der Waals surface area contributed by atoms with Gasteiger partial charge in [0.15, 0.2) is 0 Å². The van der Waals surface area contributed by atoms with Crippen LogP contribution in [0.3, 0.4) is 0 Å². The van der Waals surface area contributed by atoms with Crippen LogP contribution in [-0.4, -0.2) is 19.1 Å². The Hall–Kier alpha value is -2.42. The number of unbranched alkanes of at least 4 members (excludes halogenated alkanes) is 2. The van der Waals surface area contributed by atoms with E-state index in [0.717, 1.165) is 60.8 Å². The third kappa shape index (κ3) is 6.03. The molecule has 0 radical (unpaired) electrons. The molecular weight excluding hydrogens is 358 g/mol. The molecule has 2 aromatic carbocycles. The fourth-order valence-corrected chi connectivity index (χ4v) is 4.15. The molecule has 3 heteroatoms. The molecule has 154 valence electrons. The van der Waals surface area contributed by atoms with Gasteiger partial charge in [0.2, 0.25) is 0 Å². The summed E-state index contributed by atoms with van der Waals surface area (Å²) in [7, 11) is 0. The minimum absolute atomic E-state index is 0.244. The van der Waals surface area contributed by atoms with Gasteiger partial charge < -0.3 is 14.9 Å². The summed E-state index contributed by atoms with van der Waals surface area (Å²) in [5.74, 6) is 1.59. The summed E-state index contributed by atoms with van der Waals surface area (Å²) in [4.78, 5) is 10.9. The number of hydrogen-bond acceptors (Lipinski definition) is 3. The van der Waals surface area contributed by atoms with E-state index >= 15 is 0 Å². The van der Waals surface area contributed by atoms with Crippen molar-refractivity contribution in [1.29, 1.82) is 5.41 Å². The minimum atomic E-state index is 0.244. The first-order valence-corrected chi connectivity index (χ1v) is 11.1. The number of benzene rings is 2. The van der Waals surface area contributed by atoms with Crippen LogP contribution in [0.15, 0.2) is 42.5 Å². The van der Waals surface area contributed by atoms with Crippen molar-refractivity contribution in [1.82, 2.24) is 0 Å². The summed E-state index contributed by atoms with van der Waals surface area (Å²) in [5, 5.41) is 7.84. The highest BCUT2D eigenvalue weighted by atomic mass is 16.5. The zero-order valence-electron chi connectivity index (χ0n) is 17.5. The maximum Gasteiger partial charge on any atom is 0.123 e. The van der Waals surface area contributed by atoms with E-state index in [1.165, 1.54) is 31.0 Å². The summed E-state index contributed by atoms with van der Waals surface area (Å²) >= 11 is 0. The lowest BCUT2D eigenvalue weighted by Crippen LogP contribution is -2.20. The van der Waals surface area contributed by atoms with Crippen molar-refractivity contribution in [2.24, 2.45) is 11.8 Å². The van der Waals surface area contributed by atoms with E-state index in [1.54, 1.807) is 0 Å². The molecule has 0 unspecified atom stereocenters. The van der Waals surface area contributed by atoms with Crippen LogP contribution in [-0.2, 0) is 11.2 Å². The molecule has 0 aliphatic heterocycles. The van der Waals surface area contributed by atoms with Crippen molar-refractivity contribution in [2.75, 3.05) is 6.61 Å². The van der Waals surface area contributed by atoms with Gasteiger partial charge in [-0.2, -0.15) is 0 Å². The number of aryl methyl sites for hydroxylation is 1. The average Bonchev–Trinajstić information content (AvgIpc) is 2.78. The quantitative estimate of drug-likeness (QED) is 0.287.